The Kier molecular flexibility index (Phi) is 5.91. The molecule has 4 saturated carbocycles. The molecule has 6 fully saturated rings. The maximum atomic E-state index is 13.1. The Hall–Kier alpha value is -0.660. The van der Waals surface area contributed by atoms with Gasteiger partial charge in [0.25, 0.3) is 0 Å². The summed E-state index contributed by atoms with van der Waals surface area (Å²) in [5, 5.41) is 3.50. The molecule has 6 nitrogen and oxygen atoms in total. The molecular weight excluding hydrogens is 398 g/mol. The van der Waals surface area contributed by atoms with Crippen LogP contribution in [0, 0.1) is 23.7 Å². The fraction of sp³-hybridized carbons (Fsp3) is 0.957. The van der Waals surface area contributed by atoms with Crippen LogP contribution in [-0.4, -0.2) is 67.5 Å². The van der Waals surface area contributed by atoms with E-state index in [0.717, 1.165) is 30.8 Å². The first kappa shape index (κ1) is 21.2. The smallest absolute Gasteiger partial charge is 0.223 e. The number of hydrogen-bond donors (Lipinski definition) is 1. The van der Waals surface area contributed by atoms with E-state index in [9.17, 15) is 13.2 Å². The quantitative estimate of drug-likeness (QED) is 0.693. The molecule has 2 saturated heterocycles. The zero-order chi connectivity index (χ0) is 20.8. The largest absolute Gasteiger partial charge is 0.350 e. The molecule has 4 bridgehead atoms. The van der Waals surface area contributed by atoms with Crippen LogP contribution >= 0.6 is 0 Å². The van der Waals surface area contributed by atoms with Gasteiger partial charge in [-0.3, -0.25) is 4.79 Å². The van der Waals surface area contributed by atoms with Gasteiger partial charge < -0.3 is 10.2 Å². The number of sulfonamides is 1. The summed E-state index contributed by atoms with van der Waals surface area (Å²) in [5.74, 6) is 2.86. The Labute approximate surface area is 182 Å². The lowest BCUT2D eigenvalue weighted by atomic mass is 9.53. The summed E-state index contributed by atoms with van der Waals surface area (Å²) in [7, 11) is -3.22. The number of nitrogens with zero attached hydrogens (tertiary/aromatic N) is 2. The highest BCUT2D eigenvalue weighted by molar-refractivity contribution is 7.89. The topological polar surface area (TPSA) is 69.7 Å². The average Bonchev–Trinajstić information content (AvgIpc) is 2.72. The summed E-state index contributed by atoms with van der Waals surface area (Å²) in [6, 6.07) is 0. The van der Waals surface area contributed by atoms with Crippen molar-refractivity contribution in [1.29, 1.82) is 0 Å². The van der Waals surface area contributed by atoms with E-state index in [4.69, 9.17) is 0 Å². The highest BCUT2D eigenvalue weighted by Gasteiger charge is 2.52. The number of nitrogens with one attached hydrogen (secondary N) is 1. The Morgan fingerprint density at radius 1 is 0.867 bits per heavy atom. The molecule has 30 heavy (non-hydrogen) atoms. The first-order chi connectivity index (χ1) is 14.4. The van der Waals surface area contributed by atoms with E-state index in [1.165, 1.54) is 57.8 Å². The number of piperidine rings is 2. The highest BCUT2D eigenvalue weighted by atomic mass is 32.2. The Bertz CT molecular complexity index is 704. The van der Waals surface area contributed by atoms with Gasteiger partial charge in [-0.1, -0.05) is 6.42 Å². The van der Waals surface area contributed by atoms with Crippen molar-refractivity contribution in [2.24, 2.45) is 23.7 Å². The summed E-state index contributed by atoms with van der Waals surface area (Å²) < 4.78 is 27.2. The molecule has 0 aromatic heterocycles. The summed E-state index contributed by atoms with van der Waals surface area (Å²) in [6.07, 6.45) is 12.6. The molecule has 0 aromatic carbocycles. The van der Waals surface area contributed by atoms with E-state index in [0.29, 0.717) is 32.5 Å². The molecule has 1 amide bonds. The second-order valence-corrected chi connectivity index (χ2v) is 13.2. The highest BCUT2D eigenvalue weighted by Crippen LogP contribution is 2.55. The molecule has 6 aliphatic rings. The molecule has 6 rings (SSSR count). The number of likely N-dealkylation sites (tertiary alicyclic amines) is 1. The van der Waals surface area contributed by atoms with Gasteiger partial charge in [-0.05, 0) is 95.1 Å². The predicted octanol–water partition coefficient (Wildman–Crippen LogP) is 2.60. The summed E-state index contributed by atoms with van der Waals surface area (Å²) in [6.45, 7) is 3.71. The van der Waals surface area contributed by atoms with E-state index >= 15 is 0 Å². The third kappa shape index (κ3) is 4.44. The fourth-order valence-corrected chi connectivity index (χ4v) is 9.09. The van der Waals surface area contributed by atoms with Crippen LogP contribution < -0.4 is 5.32 Å². The second-order valence-electron chi connectivity index (χ2n) is 11.1. The third-order valence-corrected chi connectivity index (χ3v) is 10.6. The van der Waals surface area contributed by atoms with Gasteiger partial charge in [0.15, 0.2) is 0 Å². The van der Waals surface area contributed by atoms with Gasteiger partial charge in [0.1, 0.15) is 0 Å². The number of carbonyl (C=O) groups excluding carboxylic acids is 1. The van der Waals surface area contributed by atoms with E-state index in [-0.39, 0.29) is 23.1 Å². The summed E-state index contributed by atoms with van der Waals surface area (Å²) in [5.41, 5.74) is 0.0590. The Balaban J connectivity index is 1.11. The van der Waals surface area contributed by atoms with Gasteiger partial charge in [0, 0.05) is 31.1 Å². The molecule has 7 heteroatoms. The van der Waals surface area contributed by atoms with E-state index in [2.05, 4.69) is 10.2 Å². The maximum absolute atomic E-state index is 13.1. The van der Waals surface area contributed by atoms with Crippen molar-refractivity contribution in [3.63, 3.8) is 0 Å². The summed E-state index contributed by atoms with van der Waals surface area (Å²) >= 11 is 0. The minimum atomic E-state index is -3.22. The molecule has 170 valence electrons. The van der Waals surface area contributed by atoms with E-state index in [1.54, 1.807) is 4.31 Å². The molecule has 1 N–H and O–H groups in total. The van der Waals surface area contributed by atoms with Crippen molar-refractivity contribution in [3.8, 4) is 0 Å². The van der Waals surface area contributed by atoms with Crippen LogP contribution in [0.5, 0.6) is 0 Å². The van der Waals surface area contributed by atoms with Crippen molar-refractivity contribution in [2.45, 2.75) is 76.2 Å². The zero-order valence-corrected chi connectivity index (χ0v) is 19.2. The first-order valence-corrected chi connectivity index (χ1v) is 14.0. The number of amides is 1. The summed E-state index contributed by atoms with van der Waals surface area (Å²) in [4.78, 5) is 15.4. The molecular formula is C23H39N3O3S. The SMILES string of the molecule is O=C(NC12CC3CC(CC(C3)C1)C2)C1CCN(S(=O)(=O)CCN2CCCCC2)CC1. The molecule has 2 aliphatic heterocycles. The second kappa shape index (κ2) is 8.36. The molecule has 2 heterocycles. The van der Waals surface area contributed by atoms with Crippen molar-refractivity contribution in [3.05, 3.63) is 0 Å². The molecule has 0 spiro atoms. The van der Waals surface area contributed by atoms with Crippen molar-refractivity contribution in [1.82, 2.24) is 14.5 Å². The minimum Gasteiger partial charge on any atom is -0.350 e. The molecule has 0 unspecified atom stereocenters. The minimum absolute atomic E-state index is 0.0217. The van der Waals surface area contributed by atoms with Gasteiger partial charge in [0.05, 0.1) is 5.75 Å². The molecule has 0 atom stereocenters. The molecule has 0 radical (unpaired) electrons. The first-order valence-electron chi connectivity index (χ1n) is 12.4. The van der Waals surface area contributed by atoms with Gasteiger partial charge in [-0.25, -0.2) is 12.7 Å². The van der Waals surface area contributed by atoms with Gasteiger partial charge in [-0.15, -0.1) is 0 Å². The van der Waals surface area contributed by atoms with Crippen molar-refractivity contribution in [2.75, 3.05) is 38.5 Å². The van der Waals surface area contributed by atoms with Crippen molar-refractivity contribution >= 4 is 15.9 Å². The lowest BCUT2D eigenvalue weighted by Gasteiger charge is -2.57. The predicted molar refractivity (Wildman–Crippen MR) is 117 cm³/mol. The van der Waals surface area contributed by atoms with Gasteiger partial charge in [0.2, 0.25) is 15.9 Å². The van der Waals surface area contributed by atoms with E-state index in [1.807, 2.05) is 0 Å². The third-order valence-electron chi connectivity index (χ3n) is 8.76. The average molecular weight is 438 g/mol. The van der Waals surface area contributed by atoms with Crippen LogP contribution in [0.3, 0.4) is 0 Å². The lowest BCUT2D eigenvalue weighted by molar-refractivity contribution is -0.132. The van der Waals surface area contributed by atoms with Gasteiger partial charge >= 0.3 is 0 Å². The van der Waals surface area contributed by atoms with E-state index < -0.39 is 10.0 Å². The van der Waals surface area contributed by atoms with Crippen LogP contribution in [0.25, 0.3) is 0 Å². The fourth-order valence-electron chi connectivity index (χ4n) is 7.58. The molecule has 0 aromatic rings. The van der Waals surface area contributed by atoms with Crippen molar-refractivity contribution < 1.29 is 13.2 Å². The molecule has 4 aliphatic carbocycles. The Morgan fingerprint density at radius 3 is 2.00 bits per heavy atom. The normalized spacial score (nSPS) is 38.1. The van der Waals surface area contributed by atoms with Gasteiger partial charge in [-0.2, -0.15) is 0 Å². The zero-order valence-electron chi connectivity index (χ0n) is 18.4. The van der Waals surface area contributed by atoms with Crippen LogP contribution in [-0.2, 0) is 14.8 Å². The van der Waals surface area contributed by atoms with Crippen LogP contribution in [0.4, 0.5) is 0 Å². The number of rotatable bonds is 6. The number of carbonyl (C=O) groups is 1. The van der Waals surface area contributed by atoms with Crippen LogP contribution in [0.15, 0.2) is 0 Å². The van der Waals surface area contributed by atoms with Crippen LogP contribution in [0.1, 0.15) is 70.6 Å². The number of hydrogen-bond acceptors (Lipinski definition) is 4. The Morgan fingerprint density at radius 2 is 1.43 bits per heavy atom. The maximum Gasteiger partial charge on any atom is 0.223 e. The van der Waals surface area contributed by atoms with Crippen LogP contribution in [0.2, 0.25) is 0 Å². The lowest BCUT2D eigenvalue weighted by Crippen LogP contribution is -2.61. The standard InChI is InChI=1S/C23H39N3O3S/c27-22(24-23-15-18-12-19(16-23)14-20(13-18)17-23)21-4-8-26(9-5-21)30(28,29)11-10-25-6-2-1-3-7-25/h18-21H,1-17H2,(H,24,27). The monoisotopic (exact) mass is 437 g/mol.